The Morgan fingerprint density at radius 1 is 1.05 bits per heavy atom. The number of nitrogens with one attached hydrogen (secondary N) is 1. The van der Waals surface area contributed by atoms with Crippen molar-refractivity contribution in [3.63, 3.8) is 0 Å². The zero-order valence-electron chi connectivity index (χ0n) is 13.6. The van der Waals surface area contributed by atoms with E-state index in [2.05, 4.69) is 43.4 Å². The lowest BCUT2D eigenvalue weighted by Crippen LogP contribution is -2.44. The molecule has 1 aliphatic rings. The van der Waals surface area contributed by atoms with Gasteiger partial charge in [0.05, 0.1) is 12.2 Å². The average Bonchev–Trinajstić information content (AvgIpc) is 2.45. The molecular weight excluding hydrogens is 262 g/mol. The van der Waals surface area contributed by atoms with Gasteiger partial charge in [-0.3, -0.25) is 0 Å². The normalized spacial score (nSPS) is 20.4. The van der Waals surface area contributed by atoms with Crippen molar-refractivity contribution in [1.29, 1.82) is 0 Å². The van der Waals surface area contributed by atoms with Gasteiger partial charge in [-0.05, 0) is 42.2 Å². The van der Waals surface area contributed by atoms with E-state index in [4.69, 9.17) is 4.74 Å². The van der Waals surface area contributed by atoms with E-state index in [1.54, 1.807) is 7.11 Å². The summed E-state index contributed by atoms with van der Waals surface area (Å²) in [5, 5.41) is 14.0. The van der Waals surface area contributed by atoms with Crippen LogP contribution in [0.4, 0.5) is 0 Å². The number of hydrogen-bond acceptors (Lipinski definition) is 3. The van der Waals surface area contributed by atoms with Crippen LogP contribution >= 0.6 is 0 Å². The Bertz CT molecular complexity index is 429. The molecule has 0 aromatic heterocycles. The highest BCUT2D eigenvalue weighted by molar-refractivity contribution is 5.21. The van der Waals surface area contributed by atoms with Crippen molar-refractivity contribution in [1.82, 2.24) is 5.32 Å². The van der Waals surface area contributed by atoms with Crippen molar-refractivity contribution < 1.29 is 9.84 Å². The summed E-state index contributed by atoms with van der Waals surface area (Å²) < 4.78 is 5.11. The minimum atomic E-state index is -0.522. The van der Waals surface area contributed by atoms with Gasteiger partial charge in [0, 0.05) is 20.2 Å². The van der Waals surface area contributed by atoms with E-state index in [9.17, 15) is 5.11 Å². The zero-order valence-corrected chi connectivity index (χ0v) is 13.6. The average molecular weight is 291 g/mol. The molecule has 3 nitrogen and oxygen atoms in total. The van der Waals surface area contributed by atoms with Crippen LogP contribution < -0.4 is 5.32 Å². The number of hydrogen-bond donors (Lipinski definition) is 2. The molecule has 118 valence electrons. The summed E-state index contributed by atoms with van der Waals surface area (Å²) in [6.07, 6.45) is 4.02. The standard InChI is InChI=1S/C18H29NO2/c1-17(2)8-10-18(20,11-9-17)14-19-12-15-4-6-16(7-5-15)13-21-3/h4-7,19-20H,8-14H2,1-3H3. The van der Waals surface area contributed by atoms with E-state index in [1.165, 1.54) is 11.1 Å². The van der Waals surface area contributed by atoms with Crippen LogP contribution in [-0.4, -0.2) is 24.4 Å². The topological polar surface area (TPSA) is 41.5 Å². The molecule has 21 heavy (non-hydrogen) atoms. The van der Waals surface area contributed by atoms with Gasteiger partial charge in [-0.25, -0.2) is 0 Å². The summed E-state index contributed by atoms with van der Waals surface area (Å²) in [4.78, 5) is 0. The molecule has 3 heteroatoms. The molecule has 1 aromatic carbocycles. The lowest BCUT2D eigenvalue weighted by molar-refractivity contribution is -0.0245. The fourth-order valence-electron chi connectivity index (χ4n) is 2.93. The molecule has 1 fully saturated rings. The maximum absolute atomic E-state index is 10.6. The van der Waals surface area contributed by atoms with E-state index < -0.39 is 5.60 Å². The minimum Gasteiger partial charge on any atom is -0.389 e. The van der Waals surface area contributed by atoms with E-state index in [0.717, 1.165) is 32.2 Å². The fourth-order valence-corrected chi connectivity index (χ4v) is 2.93. The summed E-state index contributed by atoms with van der Waals surface area (Å²) in [5.41, 5.74) is 2.30. The number of rotatable bonds is 6. The molecule has 0 saturated heterocycles. The van der Waals surface area contributed by atoms with E-state index in [1.807, 2.05) is 0 Å². The second-order valence-electron chi connectivity index (χ2n) is 7.24. The van der Waals surface area contributed by atoms with Crippen molar-refractivity contribution in [2.24, 2.45) is 5.41 Å². The van der Waals surface area contributed by atoms with Gasteiger partial charge >= 0.3 is 0 Å². The summed E-state index contributed by atoms with van der Waals surface area (Å²) in [6.45, 7) is 6.73. The third-order valence-electron chi connectivity index (χ3n) is 4.65. The van der Waals surface area contributed by atoms with Gasteiger partial charge in [-0.2, -0.15) is 0 Å². The molecule has 0 amide bonds. The highest BCUT2D eigenvalue weighted by atomic mass is 16.5. The first-order chi connectivity index (χ1) is 9.92. The number of aliphatic hydroxyl groups is 1. The van der Waals surface area contributed by atoms with Crippen LogP contribution in [0.25, 0.3) is 0 Å². The summed E-state index contributed by atoms with van der Waals surface area (Å²) in [7, 11) is 1.71. The largest absolute Gasteiger partial charge is 0.389 e. The van der Waals surface area contributed by atoms with Crippen LogP contribution in [0, 0.1) is 5.41 Å². The third-order valence-corrected chi connectivity index (χ3v) is 4.65. The fraction of sp³-hybridized carbons (Fsp3) is 0.667. The van der Waals surface area contributed by atoms with Crippen LogP contribution in [0.15, 0.2) is 24.3 Å². The Morgan fingerprint density at radius 2 is 1.62 bits per heavy atom. The summed E-state index contributed by atoms with van der Waals surface area (Å²) in [5.74, 6) is 0. The lowest BCUT2D eigenvalue weighted by atomic mass is 9.71. The van der Waals surface area contributed by atoms with Gasteiger partial charge < -0.3 is 15.2 Å². The Labute approximate surface area is 128 Å². The molecule has 1 saturated carbocycles. The van der Waals surface area contributed by atoms with Gasteiger partial charge in [-0.15, -0.1) is 0 Å². The SMILES string of the molecule is COCc1ccc(CNCC2(O)CCC(C)(C)CC2)cc1. The van der Waals surface area contributed by atoms with Gasteiger partial charge in [-0.1, -0.05) is 38.1 Å². The molecule has 0 heterocycles. The second-order valence-corrected chi connectivity index (χ2v) is 7.24. The number of benzene rings is 1. The lowest BCUT2D eigenvalue weighted by Gasteiger charge is -2.40. The Balaban J connectivity index is 1.76. The first kappa shape index (κ1) is 16.5. The minimum absolute atomic E-state index is 0.392. The predicted molar refractivity (Wildman–Crippen MR) is 86.1 cm³/mol. The van der Waals surface area contributed by atoms with E-state index >= 15 is 0 Å². The second kappa shape index (κ2) is 6.91. The monoisotopic (exact) mass is 291 g/mol. The molecular formula is C18H29NO2. The van der Waals surface area contributed by atoms with Crippen molar-refractivity contribution >= 4 is 0 Å². The van der Waals surface area contributed by atoms with Crippen LogP contribution in [0.3, 0.4) is 0 Å². The molecule has 0 unspecified atom stereocenters. The van der Waals surface area contributed by atoms with Gasteiger partial charge in [0.25, 0.3) is 0 Å². The summed E-state index contributed by atoms with van der Waals surface area (Å²) in [6, 6.07) is 8.43. The van der Waals surface area contributed by atoms with Crippen molar-refractivity contribution in [2.75, 3.05) is 13.7 Å². The third kappa shape index (κ3) is 5.10. The van der Waals surface area contributed by atoms with Gasteiger partial charge in [0.2, 0.25) is 0 Å². The number of ether oxygens (including phenoxy) is 1. The first-order valence-electron chi connectivity index (χ1n) is 7.92. The Hall–Kier alpha value is -0.900. The maximum Gasteiger partial charge on any atom is 0.0772 e. The maximum atomic E-state index is 10.6. The number of methoxy groups -OCH3 is 1. The molecule has 0 atom stereocenters. The Kier molecular flexibility index (Phi) is 5.42. The van der Waals surface area contributed by atoms with Crippen LogP contribution in [-0.2, 0) is 17.9 Å². The molecule has 1 aromatic rings. The van der Waals surface area contributed by atoms with Crippen molar-refractivity contribution in [2.45, 2.75) is 58.3 Å². The molecule has 1 aliphatic carbocycles. The van der Waals surface area contributed by atoms with Crippen LogP contribution in [0.5, 0.6) is 0 Å². The molecule has 2 N–H and O–H groups in total. The summed E-state index contributed by atoms with van der Waals surface area (Å²) >= 11 is 0. The molecule has 0 aliphatic heterocycles. The smallest absolute Gasteiger partial charge is 0.0772 e. The van der Waals surface area contributed by atoms with Crippen LogP contribution in [0.2, 0.25) is 0 Å². The van der Waals surface area contributed by atoms with Crippen molar-refractivity contribution in [3.05, 3.63) is 35.4 Å². The van der Waals surface area contributed by atoms with Gasteiger partial charge in [0.15, 0.2) is 0 Å². The van der Waals surface area contributed by atoms with E-state index in [-0.39, 0.29) is 0 Å². The highest BCUT2D eigenvalue weighted by Gasteiger charge is 2.36. The quantitative estimate of drug-likeness (QED) is 0.845. The Morgan fingerprint density at radius 3 is 2.19 bits per heavy atom. The highest BCUT2D eigenvalue weighted by Crippen LogP contribution is 2.39. The molecule has 0 spiro atoms. The molecule has 0 bridgehead atoms. The first-order valence-corrected chi connectivity index (χ1v) is 7.92. The molecule has 0 radical (unpaired) electrons. The van der Waals surface area contributed by atoms with E-state index in [0.29, 0.717) is 18.6 Å². The van der Waals surface area contributed by atoms with Crippen LogP contribution in [0.1, 0.15) is 50.7 Å². The predicted octanol–water partition coefficient (Wildman–Crippen LogP) is 3.25. The molecule has 2 rings (SSSR count). The zero-order chi connectivity index (χ0) is 15.3. The van der Waals surface area contributed by atoms with Crippen molar-refractivity contribution in [3.8, 4) is 0 Å². The van der Waals surface area contributed by atoms with Gasteiger partial charge in [0.1, 0.15) is 0 Å².